The van der Waals surface area contributed by atoms with Gasteiger partial charge in [-0.3, -0.25) is 0 Å². The Labute approximate surface area is 164 Å². The molecule has 4 rings (SSSR count). The Morgan fingerprint density at radius 3 is 2.48 bits per heavy atom. The molecule has 27 heavy (non-hydrogen) atoms. The molecule has 3 aliphatic carbocycles. The van der Waals surface area contributed by atoms with Gasteiger partial charge >= 0.3 is 0 Å². The van der Waals surface area contributed by atoms with E-state index in [2.05, 4.69) is 26.8 Å². The highest BCUT2D eigenvalue weighted by Crippen LogP contribution is 2.64. The lowest BCUT2D eigenvalue weighted by Gasteiger charge is -2.61. The topological polar surface area (TPSA) is 58.9 Å². The van der Waals surface area contributed by atoms with Gasteiger partial charge in [-0.05, 0) is 75.0 Å². The van der Waals surface area contributed by atoms with Gasteiger partial charge in [-0.15, -0.1) is 0 Å². The van der Waals surface area contributed by atoms with Crippen LogP contribution in [0.25, 0.3) is 0 Å². The number of allylic oxidation sites excluding steroid dienone is 1. The molecule has 7 atom stereocenters. The summed E-state index contributed by atoms with van der Waals surface area (Å²) < 4.78 is 12.1. The van der Waals surface area contributed by atoms with Gasteiger partial charge < -0.3 is 19.7 Å². The van der Waals surface area contributed by atoms with Crippen molar-refractivity contribution in [2.45, 2.75) is 91.1 Å². The van der Waals surface area contributed by atoms with Crippen LogP contribution in [0, 0.1) is 28.1 Å². The molecule has 0 spiro atoms. The number of aliphatic hydroxyl groups excluding tert-OH is 2. The molecule has 0 bridgehead atoms. The molecule has 0 aromatic rings. The molecule has 3 fully saturated rings. The van der Waals surface area contributed by atoms with Crippen molar-refractivity contribution in [2.24, 2.45) is 28.1 Å². The first kappa shape index (κ1) is 19.9. The van der Waals surface area contributed by atoms with Gasteiger partial charge in [0.1, 0.15) is 0 Å². The summed E-state index contributed by atoms with van der Waals surface area (Å²) >= 11 is 0. The Hall–Kier alpha value is -0.420. The summed E-state index contributed by atoms with van der Waals surface area (Å²) in [7, 11) is 0. The highest BCUT2D eigenvalue weighted by molar-refractivity contribution is 5.26. The standard InChI is InChI=1S/C23H38O4/c1-20(2)26-13-19(27-20)21(3)9-8-17-15(10-21)6-7-18-22(4,14-24)11-16(25)12-23(17,18)5/h10,16-19,24-25H,6-9,11-14H2,1-5H3/t16-,17?,18?,19?,21+,22+,23?/m1/s1. The molecule has 4 heteroatoms. The SMILES string of the molecule is CC1(C)OCC([C@]2(C)C=C3CCC4C(C)(C[C@H](O)C[C@@]4(C)CO)C3CC2)O1. The number of ether oxygens (including phenoxy) is 2. The second kappa shape index (κ2) is 6.29. The average Bonchev–Trinajstić information content (AvgIpc) is 2.94. The van der Waals surface area contributed by atoms with E-state index in [9.17, 15) is 10.2 Å². The maximum atomic E-state index is 10.6. The minimum absolute atomic E-state index is 0.0242. The summed E-state index contributed by atoms with van der Waals surface area (Å²) in [4.78, 5) is 0. The van der Waals surface area contributed by atoms with E-state index in [1.54, 1.807) is 5.57 Å². The molecule has 0 radical (unpaired) electrons. The van der Waals surface area contributed by atoms with Crippen LogP contribution in [0.4, 0.5) is 0 Å². The van der Waals surface area contributed by atoms with Crippen molar-refractivity contribution in [1.29, 1.82) is 0 Å². The number of fused-ring (bicyclic) bond motifs is 3. The Kier molecular flexibility index (Phi) is 4.63. The molecule has 1 aliphatic heterocycles. The number of hydrogen-bond acceptors (Lipinski definition) is 4. The van der Waals surface area contributed by atoms with Crippen LogP contribution in [-0.4, -0.2) is 41.4 Å². The van der Waals surface area contributed by atoms with E-state index < -0.39 is 5.79 Å². The molecule has 1 heterocycles. The Morgan fingerprint density at radius 1 is 1.11 bits per heavy atom. The largest absolute Gasteiger partial charge is 0.396 e. The molecule has 154 valence electrons. The summed E-state index contributed by atoms with van der Waals surface area (Å²) in [5, 5.41) is 20.8. The normalized spacial score (nSPS) is 52.0. The fourth-order valence-electron chi connectivity index (χ4n) is 7.25. The lowest BCUT2D eigenvalue weighted by atomic mass is 9.44. The molecule has 0 amide bonds. The third-order valence-corrected chi connectivity index (χ3v) is 8.57. The van der Waals surface area contributed by atoms with Gasteiger partial charge in [-0.25, -0.2) is 0 Å². The minimum Gasteiger partial charge on any atom is -0.396 e. The third-order valence-electron chi connectivity index (χ3n) is 8.57. The first-order valence-corrected chi connectivity index (χ1v) is 10.8. The Morgan fingerprint density at radius 2 is 1.85 bits per heavy atom. The van der Waals surface area contributed by atoms with E-state index in [1.807, 2.05) is 13.8 Å². The molecule has 2 N–H and O–H groups in total. The fourth-order valence-corrected chi connectivity index (χ4v) is 7.25. The maximum absolute atomic E-state index is 10.6. The van der Waals surface area contributed by atoms with Crippen LogP contribution < -0.4 is 0 Å². The van der Waals surface area contributed by atoms with Crippen molar-refractivity contribution < 1.29 is 19.7 Å². The zero-order valence-electron chi connectivity index (χ0n) is 17.8. The summed E-state index contributed by atoms with van der Waals surface area (Å²) in [5.41, 5.74) is 1.50. The number of rotatable bonds is 2. The summed E-state index contributed by atoms with van der Waals surface area (Å²) in [6.07, 6.45) is 8.39. The molecule has 0 aromatic carbocycles. The van der Waals surface area contributed by atoms with Crippen molar-refractivity contribution in [1.82, 2.24) is 0 Å². The molecule has 4 nitrogen and oxygen atoms in total. The summed E-state index contributed by atoms with van der Waals surface area (Å²) in [6.45, 7) is 11.7. The number of hydrogen-bond donors (Lipinski definition) is 2. The van der Waals surface area contributed by atoms with Gasteiger partial charge in [0.15, 0.2) is 5.79 Å². The van der Waals surface area contributed by atoms with Gasteiger partial charge in [-0.2, -0.15) is 0 Å². The van der Waals surface area contributed by atoms with Crippen molar-refractivity contribution in [3.63, 3.8) is 0 Å². The quantitative estimate of drug-likeness (QED) is 0.712. The Bertz CT molecular complexity index is 628. The van der Waals surface area contributed by atoms with Crippen molar-refractivity contribution >= 4 is 0 Å². The van der Waals surface area contributed by atoms with Crippen LogP contribution in [0.2, 0.25) is 0 Å². The maximum Gasteiger partial charge on any atom is 0.163 e. The minimum atomic E-state index is -0.483. The van der Waals surface area contributed by atoms with Crippen LogP contribution in [0.5, 0.6) is 0 Å². The molecule has 0 aromatic heterocycles. The van der Waals surface area contributed by atoms with Crippen LogP contribution in [0.15, 0.2) is 11.6 Å². The molecular weight excluding hydrogens is 340 g/mol. The van der Waals surface area contributed by atoms with Crippen LogP contribution in [0.3, 0.4) is 0 Å². The monoisotopic (exact) mass is 378 g/mol. The first-order chi connectivity index (χ1) is 12.5. The zero-order valence-corrected chi connectivity index (χ0v) is 17.8. The van der Waals surface area contributed by atoms with Crippen LogP contribution in [0.1, 0.15) is 73.1 Å². The highest BCUT2D eigenvalue weighted by atomic mass is 16.7. The molecule has 2 saturated carbocycles. The second-order valence-corrected chi connectivity index (χ2v) is 11.1. The number of aliphatic hydroxyl groups is 2. The molecule has 4 unspecified atom stereocenters. The van der Waals surface area contributed by atoms with Gasteiger partial charge in [0, 0.05) is 12.0 Å². The van der Waals surface area contributed by atoms with E-state index in [1.165, 1.54) is 0 Å². The van der Waals surface area contributed by atoms with Gasteiger partial charge in [0.05, 0.1) is 18.8 Å². The first-order valence-electron chi connectivity index (χ1n) is 10.8. The molecular formula is C23H38O4. The Balaban J connectivity index is 1.63. The van der Waals surface area contributed by atoms with E-state index in [4.69, 9.17) is 9.47 Å². The van der Waals surface area contributed by atoms with Gasteiger partial charge in [-0.1, -0.05) is 32.4 Å². The van der Waals surface area contributed by atoms with E-state index in [0.29, 0.717) is 18.4 Å². The smallest absolute Gasteiger partial charge is 0.163 e. The average molecular weight is 379 g/mol. The lowest BCUT2D eigenvalue weighted by molar-refractivity contribution is -0.154. The van der Waals surface area contributed by atoms with Gasteiger partial charge in [0.2, 0.25) is 0 Å². The van der Waals surface area contributed by atoms with Crippen LogP contribution in [-0.2, 0) is 9.47 Å². The zero-order chi connectivity index (χ0) is 19.7. The van der Waals surface area contributed by atoms with Crippen LogP contribution >= 0.6 is 0 Å². The van der Waals surface area contributed by atoms with Crippen molar-refractivity contribution in [3.05, 3.63) is 11.6 Å². The molecule has 4 aliphatic rings. The highest BCUT2D eigenvalue weighted by Gasteiger charge is 2.58. The predicted molar refractivity (Wildman–Crippen MR) is 105 cm³/mol. The fraction of sp³-hybridized carbons (Fsp3) is 0.913. The van der Waals surface area contributed by atoms with Crippen molar-refractivity contribution in [2.75, 3.05) is 13.2 Å². The van der Waals surface area contributed by atoms with E-state index in [0.717, 1.165) is 38.5 Å². The third kappa shape index (κ3) is 3.11. The molecule has 1 saturated heterocycles. The summed E-state index contributed by atoms with van der Waals surface area (Å²) in [5.74, 6) is 0.513. The van der Waals surface area contributed by atoms with E-state index in [-0.39, 0.29) is 35.1 Å². The lowest BCUT2D eigenvalue weighted by Crippen LogP contribution is -2.56. The second-order valence-electron chi connectivity index (χ2n) is 11.1. The van der Waals surface area contributed by atoms with E-state index >= 15 is 0 Å². The predicted octanol–water partition coefficient (Wildman–Crippen LogP) is 4.05. The summed E-state index contributed by atoms with van der Waals surface area (Å²) in [6, 6.07) is 0. The van der Waals surface area contributed by atoms with Crippen molar-refractivity contribution in [3.8, 4) is 0 Å². The van der Waals surface area contributed by atoms with Gasteiger partial charge in [0.25, 0.3) is 0 Å².